The minimum atomic E-state index is -3.64. The molecule has 2 heterocycles. The summed E-state index contributed by atoms with van der Waals surface area (Å²) in [6, 6.07) is 10.3. The number of benzene rings is 2. The van der Waals surface area contributed by atoms with E-state index in [0.717, 1.165) is 39.8 Å². The highest BCUT2D eigenvalue weighted by Crippen LogP contribution is 2.33. The lowest BCUT2D eigenvalue weighted by molar-refractivity contribution is -0.130. The number of halogens is 1. The van der Waals surface area contributed by atoms with E-state index in [9.17, 15) is 18.3 Å². The van der Waals surface area contributed by atoms with Gasteiger partial charge in [-0.25, -0.2) is 17.7 Å². The smallest absolute Gasteiger partial charge is 0.320 e. The summed E-state index contributed by atoms with van der Waals surface area (Å²) in [6.07, 6.45) is 4.71. The molecule has 10 heteroatoms. The number of quaternary nitrogens is 1. The molecule has 0 atom stereocenters. The van der Waals surface area contributed by atoms with Gasteiger partial charge in [0, 0.05) is 18.6 Å². The number of amides is 1. The van der Waals surface area contributed by atoms with E-state index < -0.39 is 9.84 Å². The number of carbonyl (C=O) groups is 1. The Hall–Kier alpha value is -2.04. The van der Waals surface area contributed by atoms with E-state index in [-0.39, 0.29) is 34.1 Å². The van der Waals surface area contributed by atoms with Gasteiger partial charge >= 0.3 is 5.91 Å². The first-order valence-corrected chi connectivity index (χ1v) is 14.2. The molecule has 2 aromatic carbocycles. The molecule has 7 nitrogen and oxygen atoms in total. The molecule has 0 spiro atoms. The maximum atomic E-state index is 13.6. The summed E-state index contributed by atoms with van der Waals surface area (Å²) in [5, 5.41) is 12.5. The summed E-state index contributed by atoms with van der Waals surface area (Å²) in [7, 11) is -1.95. The Morgan fingerprint density at radius 2 is 1.85 bits per heavy atom. The third-order valence-electron chi connectivity index (χ3n) is 6.44. The zero-order chi connectivity index (χ0) is 24.3. The molecule has 3 aromatic rings. The lowest BCUT2D eigenvalue weighted by Gasteiger charge is -2.37. The van der Waals surface area contributed by atoms with Crippen LogP contribution in [0.1, 0.15) is 25.7 Å². The van der Waals surface area contributed by atoms with E-state index in [0.29, 0.717) is 24.7 Å². The fraction of sp³-hybridized carbons (Fsp3) is 0.417. The monoisotopic (exact) mass is 522 g/mol. The number of aliphatic hydroxyl groups excluding tert-OH is 1. The van der Waals surface area contributed by atoms with Crippen molar-refractivity contribution < 1.29 is 18.3 Å². The van der Waals surface area contributed by atoms with E-state index in [4.69, 9.17) is 11.6 Å². The topological polar surface area (TPSA) is 88.7 Å². The van der Waals surface area contributed by atoms with Crippen molar-refractivity contribution in [3.63, 3.8) is 0 Å². The fourth-order valence-corrected chi connectivity index (χ4v) is 7.21. The number of aromatic nitrogens is 1. The van der Waals surface area contributed by atoms with Crippen molar-refractivity contribution in [2.24, 2.45) is 4.99 Å². The summed E-state index contributed by atoms with van der Waals surface area (Å²) in [6.45, 7) is 1.68. The van der Waals surface area contributed by atoms with E-state index in [1.165, 1.54) is 11.3 Å². The van der Waals surface area contributed by atoms with E-state index in [1.54, 1.807) is 43.4 Å². The quantitative estimate of drug-likeness (QED) is 0.478. The number of fused-ring (bicyclic) bond motifs is 1. The predicted octanol–water partition coefficient (Wildman–Crippen LogP) is 3.76. The van der Waals surface area contributed by atoms with Gasteiger partial charge in [-0.15, -0.1) is 0 Å². The van der Waals surface area contributed by atoms with Crippen LogP contribution in [0.15, 0.2) is 52.5 Å². The van der Waals surface area contributed by atoms with Crippen LogP contribution in [0.5, 0.6) is 0 Å². The van der Waals surface area contributed by atoms with Gasteiger partial charge in [0.15, 0.2) is 14.6 Å². The van der Waals surface area contributed by atoms with Crippen LogP contribution in [0, 0.1) is 0 Å². The summed E-state index contributed by atoms with van der Waals surface area (Å²) in [4.78, 5) is 18.9. The second-order valence-electron chi connectivity index (χ2n) is 8.58. The zero-order valence-corrected chi connectivity index (χ0v) is 21.5. The van der Waals surface area contributed by atoms with Gasteiger partial charge in [-0.3, -0.25) is 4.99 Å². The molecular weight excluding hydrogens is 494 g/mol. The van der Waals surface area contributed by atoms with Gasteiger partial charge in [0.1, 0.15) is 0 Å². The Balaban J connectivity index is 1.59. The highest BCUT2D eigenvalue weighted by atomic mass is 35.5. The van der Waals surface area contributed by atoms with Crippen LogP contribution < -0.4 is 9.28 Å². The first-order chi connectivity index (χ1) is 16.3. The average molecular weight is 523 g/mol. The van der Waals surface area contributed by atoms with Crippen LogP contribution in [0.4, 0.5) is 5.00 Å². The van der Waals surface area contributed by atoms with Gasteiger partial charge in [0.2, 0.25) is 5.00 Å². The first-order valence-electron chi connectivity index (χ1n) is 11.4. The molecule has 0 saturated carbocycles. The van der Waals surface area contributed by atoms with Gasteiger partial charge in [0.05, 0.1) is 43.0 Å². The third kappa shape index (κ3) is 4.99. The van der Waals surface area contributed by atoms with Crippen LogP contribution in [-0.4, -0.2) is 56.5 Å². The van der Waals surface area contributed by atoms with Crippen molar-refractivity contribution in [2.75, 3.05) is 32.5 Å². The molecule has 1 aliphatic rings. The molecule has 0 bridgehead atoms. The molecule has 0 unspecified atom stereocenters. The van der Waals surface area contributed by atoms with Gasteiger partial charge in [-0.1, -0.05) is 23.7 Å². The van der Waals surface area contributed by atoms with E-state index in [2.05, 4.69) is 4.99 Å². The second-order valence-corrected chi connectivity index (χ2v) is 12.1. The Labute approximate surface area is 208 Å². The SMILES string of the molecule is CN=c1sc([N+]2(C(=O)CCS(=O)(=O)c3ccc4cc(Cl)ccc4c3)CCCCC2)cn1CCO. The molecule has 0 aliphatic carbocycles. The Morgan fingerprint density at radius 1 is 1.15 bits per heavy atom. The molecule has 1 N–H and O–H groups in total. The van der Waals surface area contributed by atoms with Crippen LogP contribution in [0.25, 0.3) is 10.8 Å². The van der Waals surface area contributed by atoms with Crippen molar-refractivity contribution in [3.8, 4) is 0 Å². The lowest BCUT2D eigenvalue weighted by Crippen LogP contribution is -2.57. The molecule has 1 saturated heterocycles. The average Bonchev–Trinajstić information content (AvgIpc) is 3.26. The highest BCUT2D eigenvalue weighted by molar-refractivity contribution is 7.91. The lowest BCUT2D eigenvalue weighted by atomic mass is 10.1. The number of sulfone groups is 1. The number of aliphatic hydroxyl groups is 1. The molecule has 34 heavy (non-hydrogen) atoms. The molecule has 4 rings (SSSR count). The number of hydrogen-bond donors (Lipinski definition) is 1. The first kappa shape index (κ1) is 25.1. The summed E-state index contributed by atoms with van der Waals surface area (Å²) >= 11 is 7.47. The van der Waals surface area contributed by atoms with Crippen molar-refractivity contribution in [2.45, 2.75) is 37.1 Å². The number of carbonyl (C=O) groups excluding carboxylic acids is 1. The van der Waals surface area contributed by atoms with Gasteiger partial charge in [-0.05, 0) is 65.6 Å². The van der Waals surface area contributed by atoms with Crippen LogP contribution in [0.2, 0.25) is 5.02 Å². The zero-order valence-electron chi connectivity index (χ0n) is 19.1. The molecule has 1 fully saturated rings. The number of nitrogens with zero attached hydrogens (tertiary/aromatic N) is 3. The Kier molecular flexibility index (Phi) is 7.59. The largest absolute Gasteiger partial charge is 0.395 e. The standard InChI is InChI=1S/C24H29ClN3O4S2/c1-26-24-27(10-13-29)17-23(33-24)28(11-3-2-4-12-28)22(30)9-14-34(31,32)21-8-6-18-15-20(25)7-5-19(18)16-21/h5-8,15-17,29H,2-4,9-14H2,1H3/q+1. The van der Waals surface area contributed by atoms with Gasteiger partial charge in [-0.2, -0.15) is 0 Å². The van der Waals surface area contributed by atoms with E-state index in [1.807, 2.05) is 10.8 Å². The van der Waals surface area contributed by atoms with Crippen molar-refractivity contribution >= 4 is 54.5 Å². The third-order valence-corrected chi connectivity index (χ3v) is 9.65. The Morgan fingerprint density at radius 3 is 2.56 bits per heavy atom. The minimum Gasteiger partial charge on any atom is -0.395 e. The maximum Gasteiger partial charge on any atom is 0.320 e. The van der Waals surface area contributed by atoms with Crippen LogP contribution in [0.3, 0.4) is 0 Å². The molecule has 1 aliphatic heterocycles. The van der Waals surface area contributed by atoms with Crippen molar-refractivity contribution in [1.82, 2.24) is 9.05 Å². The number of rotatable bonds is 7. The summed E-state index contributed by atoms with van der Waals surface area (Å²) in [5.74, 6) is -0.325. The molecule has 1 aromatic heterocycles. The fourth-order valence-electron chi connectivity index (χ4n) is 4.59. The molecule has 0 radical (unpaired) electrons. The normalized spacial score (nSPS) is 16.7. The van der Waals surface area contributed by atoms with Crippen LogP contribution >= 0.6 is 22.9 Å². The highest BCUT2D eigenvalue weighted by Gasteiger charge is 2.42. The number of likely N-dealkylation sites (tertiary alicyclic amines) is 1. The van der Waals surface area contributed by atoms with Crippen molar-refractivity contribution in [3.05, 3.63) is 52.4 Å². The van der Waals surface area contributed by atoms with Gasteiger partial charge in [0.25, 0.3) is 0 Å². The summed E-state index contributed by atoms with van der Waals surface area (Å²) in [5.41, 5.74) is 0. The molecular formula is C24H29ClN3O4S2+. The minimum absolute atomic E-state index is 0.0203. The van der Waals surface area contributed by atoms with E-state index >= 15 is 0 Å². The second kappa shape index (κ2) is 10.3. The predicted molar refractivity (Wildman–Crippen MR) is 137 cm³/mol. The van der Waals surface area contributed by atoms with Crippen LogP contribution in [-0.2, 0) is 21.2 Å². The van der Waals surface area contributed by atoms with Crippen molar-refractivity contribution in [1.29, 1.82) is 0 Å². The Bertz CT molecular complexity index is 1370. The number of hydrogen-bond acceptors (Lipinski definition) is 6. The summed E-state index contributed by atoms with van der Waals surface area (Å²) < 4.78 is 28.3. The molecule has 1 amide bonds. The number of piperidine rings is 1. The maximum absolute atomic E-state index is 13.6. The molecule has 182 valence electrons. The number of thiazole rings is 1. The van der Waals surface area contributed by atoms with Gasteiger partial charge < -0.3 is 9.67 Å².